The molecule has 0 saturated heterocycles. The maximum atomic E-state index is 11.4. The lowest BCUT2D eigenvalue weighted by Gasteiger charge is -2.38. The predicted octanol–water partition coefficient (Wildman–Crippen LogP) is 4.36. The van der Waals surface area contributed by atoms with Crippen molar-refractivity contribution in [1.82, 2.24) is 0 Å². The molecule has 1 unspecified atom stereocenters. The van der Waals surface area contributed by atoms with Gasteiger partial charge in [0.25, 0.3) is 0 Å². The lowest BCUT2D eigenvalue weighted by molar-refractivity contribution is -0.147. The predicted molar refractivity (Wildman–Crippen MR) is 73.3 cm³/mol. The molecule has 1 aliphatic rings. The van der Waals surface area contributed by atoms with Gasteiger partial charge in [0.05, 0.1) is 5.41 Å². The van der Waals surface area contributed by atoms with E-state index in [0.717, 1.165) is 36.8 Å². The van der Waals surface area contributed by atoms with E-state index in [1.165, 1.54) is 0 Å². The molecule has 0 aliphatic heterocycles. The molecule has 0 spiro atoms. The first-order valence-electron chi connectivity index (χ1n) is 6.54. The van der Waals surface area contributed by atoms with Gasteiger partial charge in [0, 0.05) is 5.02 Å². The minimum atomic E-state index is -0.721. The number of rotatable bonds is 4. The molecule has 98 valence electrons. The normalized spacial score (nSPS) is 19.1. The summed E-state index contributed by atoms with van der Waals surface area (Å²) in [4.78, 5) is 11.4. The fraction of sp³-hybridized carbons (Fsp3) is 0.533. The Morgan fingerprint density at radius 1 is 1.50 bits per heavy atom. The molecule has 18 heavy (non-hydrogen) atoms. The molecule has 0 heterocycles. The molecule has 0 aromatic heterocycles. The van der Waals surface area contributed by atoms with Crippen molar-refractivity contribution in [1.29, 1.82) is 0 Å². The average Bonchev–Trinajstić information content (AvgIpc) is 2.26. The van der Waals surface area contributed by atoms with Crippen molar-refractivity contribution < 1.29 is 9.90 Å². The molecule has 3 heteroatoms. The van der Waals surface area contributed by atoms with E-state index in [1.54, 1.807) is 0 Å². The maximum absolute atomic E-state index is 11.4. The van der Waals surface area contributed by atoms with Gasteiger partial charge in [-0.15, -0.1) is 0 Å². The van der Waals surface area contributed by atoms with E-state index in [0.29, 0.717) is 10.9 Å². The Morgan fingerprint density at radius 2 is 2.17 bits per heavy atom. The van der Waals surface area contributed by atoms with Gasteiger partial charge in [0.2, 0.25) is 0 Å². The Bertz CT molecular complexity index is 464. The number of carboxylic acid groups (broad SMARTS) is 1. The first kappa shape index (κ1) is 13.4. The third kappa shape index (κ3) is 2.03. The molecule has 1 aromatic carbocycles. The van der Waals surface area contributed by atoms with Gasteiger partial charge >= 0.3 is 5.97 Å². The molecule has 1 aliphatic carbocycles. The zero-order chi connectivity index (χ0) is 13.3. The average molecular weight is 267 g/mol. The summed E-state index contributed by atoms with van der Waals surface area (Å²) in [5.74, 6) is -0.310. The molecule has 1 fully saturated rings. The van der Waals surface area contributed by atoms with Gasteiger partial charge in [-0.25, -0.2) is 0 Å². The van der Waals surface area contributed by atoms with Crippen molar-refractivity contribution in [3.63, 3.8) is 0 Å². The van der Waals surface area contributed by atoms with Crippen LogP contribution in [0.25, 0.3) is 0 Å². The van der Waals surface area contributed by atoms with E-state index in [-0.39, 0.29) is 0 Å². The molecular formula is C15H19ClO2. The first-order valence-corrected chi connectivity index (χ1v) is 6.92. The summed E-state index contributed by atoms with van der Waals surface area (Å²) in [5.41, 5.74) is 1.29. The van der Waals surface area contributed by atoms with Gasteiger partial charge in [0.15, 0.2) is 0 Å². The Hall–Kier alpha value is -1.02. The molecule has 2 rings (SSSR count). The van der Waals surface area contributed by atoms with Crippen molar-refractivity contribution in [2.75, 3.05) is 0 Å². The lowest BCUT2D eigenvalue weighted by Crippen LogP contribution is -2.42. The Morgan fingerprint density at radius 3 is 2.56 bits per heavy atom. The van der Waals surface area contributed by atoms with Crippen LogP contribution in [0.15, 0.2) is 18.2 Å². The summed E-state index contributed by atoms with van der Waals surface area (Å²) in [6, 6.07) is 5.80. The summed E-state index contributed by atoms with van der Waals surface area (Å²) in [6.45, 7) is 4.26. The summed E-state index contributed by atoms with van der Waals surface area (Å²) < 4.78 is 0. The lowest BCUT2D eigenvalue weighted by atomic mass is 9.64. The van der Waals surface area contributed by atoms with Crippen LogP contribution >= 0.6 is 11.6 Å². The van der Waals surface area contributed by atoms with Gasteiger partial charge in [0.1, 0.15) is 0 Å². The fourth-order valence-electron chi connectivity index (χ4n) is 2.60. The smallest absolute Gasteiger partial charge is 0.314 e. The standard InChI is InChI=1S/C15H19ClO2/c1-3-10(2)12-6-5-11(9-13(12)16)15(14(17)18)7-4-8-15/h5-6,9-10H,3-4,7-8H2,1-2H3,(H,17,18). The maximum Gasteiger partial charge on any atom is 0.314 e. The van der Waals surface area contributed by atoms with E-state index >= 15 is 0 Å². The number of benzene rings is 1. The number of halogens is 1. The third-order valence-corrected chi connectivity index (χ3v) is 4.64. The van der Waals surface area contributed by atoms with Gasteiger partial charge in [-0.2, -0.15) is 0 Å². The number of hydrogen-bond acceptors (Lipinski definition) is 1. The van der Waals surface area contributed by atoms with Crippen LogP contribution in [-0.2, 0) is 10.2 Å². The van der Waals surface area contributed by atoms with Crippen LogP contribution in [0.2, 0.25) is 5.02 Å². The quantitative estimate of drug-likeness (QED) is 0.879. The molecule has 0 radical (unpaired) electrons. The van der Waals surface area contributed by atoms with Crippen LogP contribution in [0.4, 0.5) is 0 Å². The van der Waals surface area contributed by atoms with Crippen molar-refractivity contribution in [3.05, 3.63) is 34.3 Å². The van der Waals surface area contributed by atoms with E-state index in [2.05, 4.69) is 13.8 Å². The second-order valence-electron chi connectivity index (χ2n) is 5.29. The van der Waals surface area contributed by atoms with Crippen molar-refractivity contribution in [3.8, 4) is 0 Å². The second-order valence-corrected chi connectivity index (χ2v) is 5.69. The molecule has 2 nitrogen and oxygen atoms in total. The van der Waals surface area contributed by atoms with Crippen LogP contribution in [0, 0.1) is 0 Å². The molecule has 1 atom stereocenters. The van der Waals surface area contributed by atoms with Crippen LogP contribution in [0.5, 0.6) is 0 Å². The zero-order valence-electron chi connectivity index (χ0n) is 10.9. The SMILES string of the molecule is CCC(C)c1ccc(C2(C(=O)O)CCC2)cc1Cl. The highest BCUT2D eigenvalue weighted by molar-refractivity contribution is 6.31. The van der Waals surface area contributed by atoms with Gasteiger partial charge in [-0.3, -0.25) is 4.79 Å². The second kappa shape index (κ2) is 4.93. The topological polar surface area (TPSA) is 37.3 Å². The van der Waals surface area contributed by atoms with Crippen LogP contribution in [0.3, 0.4) is 0 Å². The van der Waals surface area contributed by atoms with Crippen LogP contribution in [0.1, 0.15) is 56.6 Å². The highest BCUT2D eigenvalue weighted by atomic mass is 35.5. The third-order valence-electron chi connectivity index (χ3n) is 4.31. The largest absolute Gasteiger partial charge is 0.481 e. The Labute approximate surface area is 113 Å². The Kier molecular flexibility index (Phi) is 3.67. The van der Waals surface area contributed by atoms with Crippen molar-refractivity contribution >= 4 is 17.6 Å². The molecular weight excluding hydrogens is 248 g/mol. The van der Waals surface area contributed by atoms with Crippen molar-refractivity contribution in [2.45, 2.75) is 50.9 Å². The van der Waals surface area contributed by atoms with E-state index in [4.69, 9.17) is 11.6 Å². The van der Waals surface area contributed by atoms with Crippen LogP contribution in [-0.4, -0.2) is 11.1 Å². The first-order chi connectivity index (χ1) is 8.51. The van der Waals surface area contributed by atoms with Gasteiger partial charge in [-0.1, -0.05) is 44.0 Å². The van der Waals surface area contributed by atoms with E-state index < -0.39 is 11.4 Å². The minimum Gasteiger partial charge on any atom is -0.481 e. The van der Waals surface area contributed by atoms with Gasteiger partial charge in [-0.05, 0) is 42.4 Å². The van der Waals surface area contributed by atoms with Gasteiger partial charge < -0.3 is 5.11 Å². The molecule has 1 N–H and O–H groups in total. The molecule has 1 saturated carbocycles. The number of carboxylic acids is 1. The fourth-order valence-corrected chi connectivity index (χ4v) is 2.97. The van der Waals surface area contributed by atoms with E-state index in [9.17, 15) is 9.90 Å². The number of carbonyl (C=O) groups is 1. The minimum absolute atomic E-state index is 0.411. The zero-order valence-corrected chi connectivity index (χ0v) is 11.6. The summed E-state index contributed by atoms with van der Waals surface area (Å²) >= 11 is 6.30. The number of aliphatic carboxylic acids is 1. The highest BCUT2D eigenvalue weighted by Crippen LogP contribution is 2.45. The van der Waals surface area contributed by atoms with Crippen LogP contribution < -0.4 is 0 Å². The summed E-state index contributed by atoms with van der Waals surface area (Å²) in [7, 11) is 0. The summed E-state index contributed by atoms with van der Waals surface area (Å²) in [6.07, 6.45) is 3.46. The monoisotopic (exact) mass is 266 g/mol. The molecule has 1 aromatic rings. The van der Waals surface area contributed by atoms with Crippen molar-refractivity contribution in [2.24, 2.45) is 0 Å². The Balaban J connectivity index is 2.37. The van der Waals surface area contributed by atoms with E-state index in [1.807, 2.05) is 18.2 Å². The molecule has 0 amide bonds. The molecule has 0 bridgehead atoms. The highest BCUT2D eigenvalue weighted by Gasteiger charge is 2.46. The number of hydrogen-bond donors (Lipinski definition) is 1. The summed E-state index contributed by atoms with van der Waals surface area (Å²) in [5, 5.41) is 10.1.